The molecular weight excluding hydrogens is 390 g/mol. The number of pyridine rings is 1. The van der Waals surface area contributed by atoms with Crippen molar-refractivity contribution in [1.29, 1.82) is 0 Å². The highest BCUT2D eigenvalue weighted by atomic mass is 16.1. The monoisotopic (exact) mass is 417 g/mol. The lowest BCUT2D eigenvalue weighted by Crippen LogP contribution is -2.20. The number of fused-ring (bicyclic) bond motifs is 1. The standard InChI is InChI=1S/C23H23N7O/c1-15-25-14-20(29(15)2)16-5-6-18-13-26-23(27-19(18)11-16)28-22(31)17-7-8-24-21(12-17)30-9-3-4-10-30/h5-8,11-14H,3-4,9-10H2,1-2H3,(H,26,27,28,31)/i9D2,10D2. The summed E-state index contributed by atoms with van der Waals surface area (Å²) >= 11 is 0. The summed E-state index contributed by atoms with van der Waals surface area (Å²) in [5.74, 6) is 0.556. The lowest BCUT2D eigenvalue weighted by molar-refractivity contribution is 0.102. The first-order valence-electron chi connectivity index (χ1n) is 11.9. The van der Waals surface area contributed by atoms with Crippen LogP contribution in [-0.4, -0.2) is 43.4 Å². The second kappa shape index (κ2) is 7.79. The van der Waals surface area contributed by atoms with E-state index >= 15 is 0 Å². The highest BCUT2D eigenvalue weighted by Crippen LogP contribution is 2.24. The molecule has 1 fully saturated rings. The van der Waals surface area contributed by atoms with Gasteiger partial charge in [0.25, 0.3) is 5.91 Å². The van der Waals surface area contributed by atoms with E-state index in [-0.39, 0.29) is 30.2 Å². The Morgan fingerprint density at radius 1 is 1.10 bits per heavy atom. The Morgan fingerprint density at radius 3 is 2.71 bits per heavy atom. The van der Waals surface area contributed by atoms with E-state index in [1.54, 1.807) is 12.4 Å². The molecule has 31 heavy (non-hydrogen) atoms. The van der Waals surface area contributed by atoms with Crippen LogP contribution in [0.2, 0.25) is 0 Å². The molecule has 0 unspecified atom stereocenters. The van der Waals surface area contributed by atoms with Gasteiger partial charge in [-0.2, -0.15) is 0 Å². The van der Waals surface area contributed by atoms with Gasteiger partial charge in [-0.05, 0) is 38.0 Å². The van der Waals surface area contributed by atoms with Crippen molar-refractivity contribution in [3.8, 4) is 11.3 Å². The van der Waals surface area contributed by atoms with Crippen LogP contribution < -0.4 is 10.2 Å². The maximum absolute atomic E-state index is 12.9. The third-order valence-corrected chi connectivity index (χ3v) is 5.23. The van der Waals surface area contributed by atoms with Crippen LogP contribution in [0.4, 0.5) is 11.8 Å². The van der Waals surface area contributed by atoms with Crippen LogP contribution in [0.15, 0.2) is 48.9 Å². The molecule has 1 saturated heterocycles. The number of amides is 1. The van der Waals surface area contributed by atoms with Crippen LogP contribution in [0.5, 0.6) is 0 Å². The Balaban J connectivity index is 1.42. The third-order valence-electron chi connectivity index (χ3n) is 5.23. The summed E-state index contributed by atoms with van der Waals surface area (Å²) < 4.78 is 34.6. The fourth-order valence-electron chi connectivity index (χ4n) is 3.42. The molecule has 4 heterocycles. The summed E-state index contributed by atoms with van der Waals surface area (Å²) in [7, 11) is 1.94. The molecular formula is C23H23N7O. The number of rotatable bonds is 4. The van der Waals surface area contributed by atoms with Gasteiger partial charge in [0.1, 0.15) is 11.6 Å². The topological polar surface area (TPSA) is 88.8 Å². The number of nitrogens with one attached hydrogen (secondary N) is 1. The van der Waals surface area contributed by atoms with Crippen molar-refractivity contribution in [3.63, 3.8) is 0 Å². The van der Waals surface area contributed by atoms with Crippen molar-refractivity contribution in [2.24, 2.45) is 7.05 Å². The average Bonchev–Trinajstić information content (AvgIpc) is 3.26. The minimum atomic E-state index is -1.91. The predicted molar refractivity (Wildman–Crippen MR) is 120 cm³/mol. The molecule has 1 aliphatic heterocycles. The number of imidazole rings is 1. The predicted octanol–water partition coefficient (Wildman–Crippen LogP) is 3.59. The van der Waals surface area contributed by atoms with Gasteiger partial charge in [-0.3, -0.25) is 10.1 Å². The number of benzene rings is 1. The molecule has 156 valence electrons. The zero-order valence-corrected chi connectivity index (χ0v) is 17.1. The summed E-state index contributed by atoms with van der Waals surface area (Å²) in [6, 6.07) is 8.63. The van der Waals surface area contributed by atoms with E-state index in [0.29, 0.717) is 5.52 Å². The first kappa shape index (κ1) is 15.1. The van der Waals surface area contributed by atoms with Crippen LogP contribution in [0, 0.1) is 6.92 Å². The van der Waals surface area contributed by atoms with Crippen molar-refractivity contribution in [2.75, 3.05) is 23.2 Å². The van der Waals surface area contributed by atoms with Gasteiger partial charge < -0.3 is 9.47 Å². The minimum absolute atomic E-state index is 0.0312. The first-order chi connectivity index (χ1) is 16.5. The van der Waals surface area contributed by atoms with Crippen LogP contribution in [0.1, 0.15) is 34.5 Å². The Bertz CT molecular complexity index is 1440. The first-order valence-corrected chi connectivity index (χ1v) is 9.88. The lowest BCUT2D eigenvalue weighted by Gasteiger charge is -2.16. The summed E-state index contributed by atoms with van der Waals surface area (Å²) in [5, 5.41) is 3.49. The molecule has 3 aromatic heterocycles. The second-order valence-corrected chi connectivity index (χ2v) is 7.23. The molecule has 8 nitrogen and oxygen atoms in total. The molecule has 8 heteroatoms. The van der Waals surface area contributed by atoms with Gasteiger partial charge in [-0.15, -0.1) is 0 Å². The van der Waals surface area contributed by atoms with Gasteiger partial charge >= 0.3 is 0 Å². The summed E-state index contributed by atoms with van der Waals surface area (Å²) in [6.07, 6.45) is 4.85. The highest BCUT2D eigenvalue weighted by molar-refractivity contribution is 6.04. The number of carbonyl (C=O) groups is 1. The van der Waals surface area contributed by atoms with Crippen molar-refractivity contribution in [3.05, 3.63) is 60.3 Å². The summed E-state index contributed by atoms with van der Waals surface area (Å²) in [5.41, 5.74) is 2.72. The minimum Gasteiger partial charge on any atom is -0.357 e. The van der Waals surface area contributed by atoms with Crippen molar-refractivity contribution in [2.45, 2.75) is 19.8 Å². The van der Waals surface area contributed by atoms with E-state index in [4.69, 9.17) is 5.48 Å². The molecule has 0 atom stereocenters. The molecule has 4 aromatic rings. The van der Waals surface area contributed by atoms with Crippen molar-refractivity contribution >= 4 is 28.6 Å². The molecule has 5 rings (SSSR count). The number of nitrogens with zero attached hydrogens (tertiary/aromatic N) is 6. The number of aromatic nitrogens is 5. The van der Waals surface area contributed by atoms with Gasteiger partial charge in [0.05, 0.1) is 17.4 Å². The quantitative estimate of drug-likeness (QED) is 0.546. The van der Waals surface area contributed by atoms with Gasteiger partial charge in [-0.1, -0.05) is 12.1 Å². The summed E-state index contributed by atoms with van der Waals surface area (Å²) in [6.45, 7) is -1.88. The molecule has 0 spiro atoms. The Labute approximate surface area is 185 Å². The van der Waals surface area contributed by atoms with Crippen LogP contribution in [-0.2, 0) is 7.05 Å². The van der Waals surface area contributed by atoms with Crippen molar-refractivity contribution in [1.82, 2.24) is 24.5 Å². The lowest BCUT2D eigenvalue weighted by atomic mass is 10.1. The Hall–Kier alpha value is -3.81. The number of carbonyl (C=O) groups excluding carboxylic acids is 1. The Morgan fingerprint density at radius 2 is 1.94 bits per heavy atom. The molecule has 0 saturated carbocycles. The molecule has 0 radical (unpaired) electrons. The van der Waals surface area contributed by atoms with E-state index in [0.717, 1.165) is 27.4 Å². The van der Waals surface area contributed by atoms with E-state index in [2.05, 4.69) is 25.3 Å². The zero-order valence-electron chi connectivity index (χ0n) is 21.1. The zero-order chi connectivity index (χ0) is 25.0. The van der Waals surface area contributed by atoms with Gasteiger partial charge in [0.2, 0.25) is 5.95 Å². The van der Waals surface area contributed by atoms with E-state index < -0.39 is 18.9 Å². The van der Waals surface area contributed by atoms with Gasteiger partial charge in [-0.25, -0.2) is 19.9 Å². The van der Waals surface area contributed by atoms with Crippen molar-refractivity contribution < 1.29 is 10.3 Å². The normalized spacial score (nSPS) is 18.8. The molecule has 0 aliphatic carbocycles. The number of anilines is 2. The number of aryl methyl sites for hydroxylation is 1. The third kappa shape index (κ3) is 3.72. The van der Waals surface area contributed by atoms with E-state index in [1.807, 2.05) is 36.7 Å². The molecule has 1 aliphatic rings. The largest absolute Gasteiger partial charge is 0.357 e. The summed E-state index contributed by atoms with van der Waals surface area (Å²) in [4.78, 5) is 31.1. The average molecular weight is 418 g/mol. The Kier molecular flexibility index (Phi) is 3.78. The van der Waals surface area contributed by atoms with Crippen LogP contribution in [0.3, 0.4) is 0 Å². The highest BCUT2D eigenvalue weighted by Gasteiger charge is 2.16. The van der Waals surface area contributed by atoms with Gasteiger partial charge in [0.15, 0.2) is 0 Å². The number of hydrogen-bond acceptors (Lipinski definition) is 6. The molecule has 1 aromatic carbocycles. The number of hydrogen-bond donors (Lipinski definition) is 1. The fourth-order valence-corrected chi connectivity index (χ4v) is 3.42. The maximum Gasteiger partial charge on any atom is 0.258 e. The van der Waals surface area contributed by atoms with Gasteiger partial charge in [0, 0.05) is 54.4 Å². The maximum atomic E-state index is 12.9. The van der Waals surface area contributed by atoms with Crippen LogP contribution in [0.25, 0.3) is 22.2 Å². The van der Waals surface area contributed by atoms with E-state index in [9.17, 15) is 4.79 Å². The van der Waals surface area contributed by atoms with Crippen LogP contribution >= 0.6 is 0 Å². The fraction of sp³-hybridized carbons (Fsp3) is 0.261. The molecule has 1 N–H and O–H groups in total. The molecule has 0 bridgehead atoms. The molecule has 1 amide bonds. The SMILES string of the molecule is [2H]C1([2H])CCC([2H])([2H])N1c1cc(C(=O)Nc2ncc3ccc(-c4cnc(C)n4C)cc3n2)ccn1. The second-order valence-electron chi connectivity index (χ2n) is 7.23. The van der Waals surface area contributed by atoms with E-state index in [1.165, 1.54) is 18.3 Å². The smallest absolute Gasteiger partial charge is 0.258 e.